The Hall–Kier alpha value is -3.39. The highest BCUT2D eigenvalue weighted by Gasteiger charge is 2.15. The van der Waals surface area contributed by atoms with E-state index in [9.17, 15) is 0 Å². The maximum absolute atomic E-state index is 4.44. The third-order valence-corrected chi connectivity index (χ3v) is 5.20. The van der Waals surface area contributed by atoms with Gasteiger partial charge >= 0.3 is 0 Å². The van der Waals surface area contributed by atoms with Gasteiger partial charge in [-0.05, 0) is 40.8 Å². The van der Waals surface area contributed by atoms with Gasteiger partial charge in [0.1, 0.15) is 0 Å². The highest BCUT2D eigenvalue weighted by Crippen LogP contribution is 2.35. The first-order valence-electron chi connectivity index (χ1n) is 9.33. The van der Waals surface area contributed by atoms with Crippen LogP contribution in [-0.4, -0.2) is 11.4 Å². The Balaban J connectivity index is 0.000000119. The Bertz CT molecular complexity index is 1140. The largest absolute Gasteiger partial charge is 0.342 e. The quantitative estimate of drug-likeness (QED) is 0.468. The van der Waals surface area contributed by atoms with Crippen molar-refractivity contribution >= 4 is 6.20 Å². The maximum Gasteiger partial charge on any atom is 0.0717 e. The molecule has 0 fully saturated rings. The summed E-state index contributed by atoms with van der Waals surface area (Å²) in [6.45, 7) is 0.954. The van der Waals surface area contributed by atoms with E-state index in [1.165, 1.54) is 33.2 Å². The van der Waals surface area contributed by atoms with E-state index in [1.807, 2.05) is 24.4 Å². The van der Waals surface area contributed by atoms with E-state index in [1.54, 1.807) is 0 Å². The van der Waals surface area contributed by atoms with Crippen molar-refractivity contribution in [3.05, 3.63) is 119 Å². The fourth-order valence-corrected chi connectivity index (χ4v) is 3.83. The summed E-state index contributed by atoms with van der Waals surface area (Å²) in [5, 5.41) is 2.23. The average Bonchev–Trinajstić information content (AvgIpc) is 3.27. The first kappa shape index (κ1) is 15.8. The third kappa shape index (κ3) is 3.00. The van der Waals surface area contributed by atoms with Crippen LogP contribution in [-0.2, 0) is 6.42 Å². The van der Waals surface area contributed by atoms with Gasteiger partial charge in [-0.3, -0.25) is 4.99 Å². The fraction of sp³-hybridized carbons (Fsp3) is 0.0800. The van der Waals surface area contributed by atoms with Gasteiger partial charge in [-0.25, -0.2) is 0 Å². The summed E-state index contributed by atoms with van der Waals surface area (Å²) in [6.07, 6.45) is 9.42. The van der Waals surface area contributed by atoms with Crippen LogP contribution in [0.5, 0.6) is 0 Å². The van der Waals surface area contributed by atoms with Gasteiger partial charge in [0.2, 0.25) is 0 Å². The molecule has 0 amide bonds. The Morgan fingerprint density at radius 2 is 1.41 bits per heavy atom. The van der Waals surface area contributed by atoms with E-state index in [2.05, 4.69) is 82.8 Å². The molecule has 0 aromatic heterocycles. The minimum absolute atomic E-state index is 0.954. The van der Waals surface area contributed by atoms with Crippen LogP contribution in [0.1, 0.15) is 11.1 Å². The predicted octanol–water partition coefficient (Wildman–Crippen LogP) is 4.03. The molecule has 2 aliphatic heterocycles. The molecule has 0 unspecified atom stereocenters. The number of benzene rings is 3. The van der Waals surface area contributed by atoms with Crippen LogP contribution in [0, 0.1) is 0 Å². The number of nitrogens with zero attached hydrogens (tertiary/aromatic N) is 2. The molecule has 3 aromatic carbocycles. The van der Waals surface area contributed by atoms with E-state index in [0.717, 1.165) is 18.3 Å². The van der Waals surface area contributed by atoms with Crippen LogP contribution in [0.25, 0.3) is 17.3 Å². The van der Waals surface area contributed by atoms with Gasteiger partial charge in [-0.1, -0.05) is 72.8 Å². The molecule has 0 spiro atoms. The van der Waals surface area contributed by atoms with Gasteiger partial charge < -0.3 is 4.90 Å². The molecule has 0 bridgehead atoms. The van der Waals surface area contributed by atoms with Crippen molar-refractivity contribution in [2.24, 2.45) is 4.99 Å². The van der Waals surface area contributed by atoms with Crippen molar-refractivity contribution in [3.63, 3.8) is 0 Å². The molecule has 6 rings (SSSR count). The van der Waals surface area contributed by atoms with Crippen LogP contribution in [0.3, 0.4) is 0 Å². The molecule has 0 saturated carbocycles. The van der Waals surface area contributed by atoms with Crippen molar-refractivity contribution in [2.75, 3.05) is 6.54 Å². The first-order valence-corrected chi connectivity index (χ1v) is 9.33. The average molecular weight is 348 g/mol. The SMILES string of the molecule is C1=CC2=CN=c3ccccc3=CN2C1.c1ccc2c(c1)Cc1ccccc1-2. The lowest BCUT2D eigenvalue weighted by molar-refractivity contribution is 0.604. The van der Waals surface area contributed by atoms with Gasteiger partial charge in [0, 0.05) is 18.0 Å². The van der Waals surface area contributed by atoms with Gasteiger partial charge in [0.25, 0.3) is 0 Å². The summed E-state index contributed by atoms with van der Waals surface area (Å²) in [4.78, 5) is 6.65. The molecule has 0 N–H and O–H groups in total. The molecular formula is C25H20N2. The zero-order valence-electron chi connectivity index (χ0n) is 15.0. The van der Waals surface area contributed by atoms with E-state index >= 15 is 0 Å². The molecule has 27 heavy (non-hydrogen) atoms. The number of hydrogen-bond donors (Lipinski definition) is 0. The Morgan fingerprint density at radius 3 is 2.19 bits per heavy atom. The smallest absolute Gasteiger partial charge is 0.0717 e. The summed E-state index contributed by atoms with van der Waals surface area (Å²) in [7, 11) is 0. The molecule has 1 aliphatic carbocycles. The lowest BCUT2D eigenvalue weighted by atomic mass is 10.1. The lowest BCUT2D eigenvalue weighted by Gasteiger charge is -2.11. The third-order valence-electron chi connectivity index (χ3n) is 5.20. The number of para-hydroxylation sites is 1. The normalized spacial score (nSPS) is 15.0. The summed E-state index contributed by atoms with van der Waals surface area (Å²) in [5.41, 5.74) is 6.92. The molecule has 3 aliphatic rings. The fourth-order valence-electron chi connectivity index (χ4n) is 3.83. The predicted molar refractivity (Wildman–Crippen MR) is 110 cm³/mol. The highest BCUT2D eigenvalue weighted by atomic mass is 15.1. The van der Waals surface area contributed by atoms with Crippen molar-refractivity contribution in [1.82, 2.24) is 4.90 Å². The second-order valence-electron chi connectivity index (χ2n) is 6.92. The molecule has 130 valence electrons. The lowest BCUT2D eigenvalue weighted by Crippen LogP contribution is -2.26. The molecule has 2 nitrogen and oxygen atoms in total. The van der Waals surface area contributed by atoms with Crippen LogP contribution < -0.4 is 10.6 Å². The molecule has 2 heterocycles. The monoisotopic (exact) mass is 348 g/mol. The molecular weight excluding hydrogens is 328 g/mol. The molecule has 2 heteroatoms. The standard InChI is InChI=1S/C13H10.C12H10N2/c1-3-7-12-10(5-1)9-11-6-2-4-8-13(11)12;1-2-6-12-10(4-1)9-14-7-3-5-11(14)8-13-12/h1-8H,9H2;1-6,8-9H,7H2. The van der Waals surface area contributed by atoms with Crippen LogP contribution in [0.2, 0.25) is 0 Å². The number of fused-ring (bicyclic) bond motifs is 5. The van der Waals surface area contributed by atoms with Crippen molar-refractivity contribution in [2.45, 2.75) is 6.42 Å². The summed E-state index contributed by atoms with van der Waals surface area (Å²) < 4.78 is 0. The summed E-state index contributed by atoms with van der Waals surface area (Å²) >= 11 is 0. The van der Waals surface area contributed by atoms with E-state index in [4.69, 9.17) is 0 Å². The maximum atomic E-state index is 4.44. The van der Waals surface area contributed by atoms with Crippen LogP contribution in [0.15, 0.2) is 102 Å². The second kappa shape index (κ2) is 6.73. The van der Waals surface area contributed by atoms with E-state index in [0.29, 0.717) is 0 Å². The molecule has 0 atom stereocenters. The van der Waals surface area contributed by atoms with Crippen LogP contribution >= 0.6 is 0 Å². The Kier molecular flexibility index (Phi) is 3.95. The van der Waals surface area contributed by atoms with Crippen molar-refractivity contribution < 1.29 is 0 Å². The topological polar surface area (TPSA) is 15.6 Å². The summed E-state index contributed by atoms with van der Waals surface area (Å²) in [6, 6.07) is 25.5. The van der Waals surface area contributed by atoms with Crippen molar-refractivity contribution in [3.8, 4) is 11.1 Å². The molecule has 3 aromatic rings. The molecule has 0 radical (unpaired) electrons. The van der Waals surface area contributed by atoms with Crippen molar-refractivity contribution in [1.29, 1.82) is 0 Å². The van der Waals surface area contributed by atoms with Gasteiger partial charge in [-0.2, -0.15) is 0 Å². The van der Waals surface area contributed by atoms with E-state index < -0.39 is 0 Å². The number of allylic oxidation sites excluding steroid dienone is 1. The minimum atomic E-state index is 0.954. The number of hydrogen-bond acceptors (Lipinski definition) is 2. The first-order chi connectivity index (χ1) is 13.4. The van der Waals surface area contributed by atoms with Gasteiger partial charge in [0.15, 0.2) is 0 Å². The number of rotatable bonds is 0. The Labute approximate surface area is 159 Å². The molecule has 0 saturated heterocycles. The highest BCUT2D eigenvalue weighted by molar-refractivity contribution is 5.76. The van der Waals surface area contributed by atoms with Gasteiger partial charge in [0.05, 0.1) is 17.3 Å². The van der Waals surface area contributed by atoms with Gasteiger partial charge in [-0.15, -0.1) is 0 Å². The Morgan fingerprint density at radius 1 is 0.741 bits per heavy atom. The second-order valence-corrected chi connectivity index (χ2v) is 6.92. The van der Waals surface area contributed by atoms with E-state index in [-0.39, 0.29) is 0 Å². The minimum Gasteiger partial charge on any atom is -0.342 e. The zero-order chi connectivity index (χ0) is 18.1. The van der Waals surface area contributed by atoms with Crippen LogP contribution in [0.4, 0.5) is 0 Å². The summed E-state index contributed by atoms with van der Waals surface area (Å²) in [5.74, 6) is 0. The zero-order valence-corrected chi connectivity index (χ0v) is 15.0.